The Kier molecular flexibility index (Phi) is 4.76. The van der Waals surface area contributed by atoms with Gasteiger partial charge >= 0.3 is 0 Å². The van der Waals surface area contributed by atoms with Gasteiger partial charge in [-0.15, -0.1) is 11.8 Å². The molecule has 0 bridgehead atoms. The van der Waals surface area contributed by atoms with Gasteiger partial charge in [-0.3, -0.25) is 10.2 Å². The van der Waals surface area contributed by atoms with Gasteiger partial charge in [0.15, 0.2) is 0 Å². The number of carbonyl (C=O) groups is 1. The Hall–Kier alpha value is -1.14. The fraction of sp³-hybridized carbons (Fsp3) is 0.0833. The second-order valence-electron chi connectivity index (χ2n) is 3.57. The third-order valence-corrected chi connectivity index (χ3v) is 4.38. The molecule has 1 aromatic heterocycles. The number of halogens is 2. The smallest absolute Gasteiger partial charge is 0.268 e. The molecule has 3 N–H and O–H groups in total. The zero-order valence-corrected chi connectivity index (χ0v) is 12.0. The molecule has 1 aromatic carbocycles. The molecule has 1 amide bonds. The Bertz CT molecular complexity index is 581. The van der Waals surface area contributed by atoms with Gasteiger partial charge in [-0.1, -0.05) is 29.3 Å². The van der Waals surface area contributed by atoms with Crippen LogP contribution in [0.1, 0.15) is 16.1 Å². The number of nitrogens with two attached hydrogens (primary N) is 1. The van der Waals surface area contributed by atoms with Crippen molar-refractivity contribution in [2.24, 2.45) is 5.84 Å². The first-order valence-corrected chi connectivity index (χ1v) is 7.01. The molecule has 0 saturated heterocycles. The molecule has 0 aliphatic rings. The van der Waals surface area contributed by atoms with Crippen LogP contribution in [0, 0.1) is 0 Å². The quantitative estimate of drug-likeness (QED) is 0.392. The van der Waals surface area contributed by atoms with Crippen LogP contribution < -0.4 is 11.3 Å². The fourth-order valence-electron chi connectivity index (χ4n) is 1.49. The zero-order valence-electron chi connectivity index (χ0n) is 9.65. The molecule has 0 aliphatic carbocycles. The summed E-state index contributed by atoms with van der Waals surface area (Å²) in [5.41, 5.74) is 2.47. The van der Waals surface area contributed by atoms with Gasteiger partial charge in [0.1, 0.15) is 5.76 Å². The van der Waals surface area contributed by atoms with Gasteiger partial charge in [0.2, 0.25) is 0 Å². The van der Waals surface area contributed by atoms with Gasteiger partial charge in [0, 0.05) is 4.90 Å². The highest BCUT2D eigenvalue weighted by molar-refractivity contribution is 7.98. The first-order valence-electron chi connectivity index (χ1n) is 5.27. The first-order chi connectivity index (χ1) is 9.13. The van der Waals surface area contributed by atoms with Gasteiger partial charge in [-0.05, 0) is 18.2 Å². The third-order valence-electron chi connectivity index (χ3n) is 2.39. The van der Waals surface area contributed by atoms with E-state index in [0.29, 0.717) is 27.1 Å². The van der Waals surface area contributed by atoms with Gasteiger partial charge in [0.25, 0.3) is 5.91 Å². The van der Waals surface area contributed by atoms with Crippen molar-refractivity contribution in [3.05, 3.63) is 51.9 Å². The largest absolute Gasteiger partial charge is 0.468 e. The number of amides is 1. The molecular weight excluding hydrogens is 307 g/mol. The lowest BCUT2D eigenvalue weighted by Gasteiger charge is -2.06. The zero-order chi connectivity index (χ0) is 13.8. The molecule has 7 heteroatoms. The van der Waals surface area contributed by atoms with E-state index in [2.05, 4.69) is 5.43 Å². The van der Waals surface area contributed by atoms with Gasteiger partial charge < -0.3 is 4.42 Å². The standard InChI is InChI=1S/C12H10Cl2N2O2S/c13-8-2-1-3-9(14)11(8)19-6-10-7(4-5-18-10)12(17)16-15/h1-5H,6,15H2,(H,16,17). The van der Waals surface area contributed by atoms with Crippen LogP contribution in [0.2, 0.25) is 10.0 Å². The van der Waals surface area contributed by atoms with Crippen LogP contribution in [0.25, 0.3) is 0 Å². The van der Waals surface area contributed by atoms with Crippen molar-refractivity contribution in [3.8, 4) is 0 Å². The molecule has 0 fully saturated rings. The lowest BCUT2D eigenvalue weighted by atomic mass is 10.2. The van der Waals surface area contributed by atoms with E-state index in [1.807, 2.05) is 0 Å². The average Bonchev–Trinajstić information content (AvgIpc) is 2.85. The van der Waals surface area contributed by atoms with Crippen LogP contribution in [-0.2, 0) is 5.75 Å². The van der Waals surface area contributed by atoms with Gasteiger partial charge in [-0.25, -0.2) is 5.84 Å². The van der Waals surface area contributed by atoms with Crippen LogP contribution >= 0.6 is 35.0 Å². The van der Waals surface area contributed by atoms with Crippen molar-refractivity contribution in [1.82, 2.24) is 5.43 Å². The van der Waals surface area contributed by atoms with E-state index in [4.69, 9.17) is 33.5 Å². The highest BCUT2D eigenvalue weighted by Gasteiger charge is 2.15. The van der Waals surface area contributed by atoms with Crippen LogP contribution in [0.15, 0.2) is 39.8 Å². The summed E-state index contributed by atoms with van der Waals surface area (Å²) in [5.74, 6) is 5.65. The van der Waals surface area contributed by atoms with Crippen molar-refractivity contribution in [2.75, 3.05) is 0 Å². The second-order valence-corrected chi connectivity index (χ2v) is 5.37. The summed E-state index contributed by atoms with van der Waals surface area (Å²) in [4.78, 5) is 12.2. The highest BCUT2D eigenvalue weighted by atomic mass is 35.5. The molecule has 0 atom stereocenters. The molecule has 4 nitrogen and oxygen atoms in total. The summed E-state index contributed by atoms with van der Waals surface area (Å²) >= 11 is 13.5. The number of rotatable bonds is 4. The Morgan fingerprint density at radius 1 is 1.32 bits per heavy atom. The van der Waals surface area contributed by atoms with E-state index in [1.165, 1.54) is 18.0 Å². The summed E-state index contributed by atoms with van der Waals surface area (Å²) in [6.45, 7) is 0. The predicted molar refractivity (Wildman–Crippen MR) is 76.4 cm³/mol. The number of hydrazine groups is 1. The monoisotopic (exact) mass is 316 g/mol. The van der Waals surface area contributed by atoms with Crippen molar-refractivity contribution in [2.45, 2.75) is 10.6 Å². The lowest BCUT2D eigenvalue weighted by Crippen LogP contribution is -2.30. The number of hydrogen-bond donors (Lipinski definition) is 2. The molecular formula is C12H10Cl2N2O2S. The third kappa shape index (κ3) is 3.25. The topological polar surface area (TPSA) is 68.3 Å². The first kappa shape index (κ1) is 14.3. The summed E-state index contributed by atoms with van der Waals surface area (Å²) in [6, 6.07) is 6.85. The van der Waals surface area contributed by atoms with Crippen LogP contribution in [0.3, 0.4) is 0 Å². The molecule has 2 aromatic rings. The van der Waals surface area contributed by atoms with Gasteiger partial charge in [0.05, 0.1) is 27.6 Å². The number of hydrogen-bond acceptors (Lipinski definition) is 4. The minimum absolute atomic E-state index is 0.394. The molecule has 0 spiro atoms. The summed E-state index contributed by atoms with van der Waals surface area (Å²) < 4.78 is 5.27. The molecule has 0 aliphatic heterocycles. The Balaban J connectivity index is 2.15. The molecule has 19 heavy (non-hydrogen) atoms. The maximum atomic E-state index is 11.5. The minimum Gasteiger partial charge on any atom is -0.468 e. The number of thioether (sulfide) groups is 1. The maximum absolute atomic E-state index is 11.5. The van der Waals surface area contributed by atoms with Crippen molar-refractivity contribution in [1.29, 1.82) is 0 Å². The van der Waals surface area contributed by atoms with Crippen molar-refractivity contribution < 1.29 is 9.21 Å². The van der Waals surface area contributed by atoms with Gasteiger partial charge in [-0.2, -0.15) is 0 Å². The number of nitrogen functional groups attached to an aromatic ring is 1. The van der Waals surface area contributed by atoms with E-state index < -0.39 is 5.91 Å². The fourth-order valence-corrected chi connectivity index (χ4v) is 3.13. The van der Waals surface area contributed by atoms with E-state index in [1.54, 1.807) is 24.3 Å². The number of benzene rings is 1. The molecule has 0 radical (unpaired) electrons. The number of furan rings is 1. The average molecular weight is 317 g/mol. The highest BCUT2D eigenvalue weighted by Crippen LogP contribution is 2.36. The number of nitrogens with one attached hydrogen (secondary N) is 1. The predicted octanol–water partition coefficient (Wildman–Crippen LogP) is 3.48. The van der Waals surface area contributed by atoms with E-state index in [0.717, 1.165) is 4.90 Å². The molecule has 1 heterocycles. The minimum atomic E-state index is -0.394. The molecule has 2 rings (SSSR count). The van der Waals surface area contributed by atoms with Crippen LogP contribution in [0.4, 0.5) is 0 Å². The summed E-state index contributed by atoms with van der Waals surface area (Å²) in [6.07, 6.45) is 1.44. The maximum Gasteiger partial charge on any atom is 0.268 e. The number of carbonyl (C=O) groups excluding carboxylic acids is 1. The SMILES string of the molecule is NNC(=O)c1ccoc1CSc1c(Cl)cccc1Cl. The van der Waals surface area contributed by atoms with Crippen molar-refractivity contribution in [3.63, 3.8) is 0 Å². The summed E-state index contributed by atoms with van der Waals surface area (Å²) in [5, 5.41) is 1.13. The van der Waals surface area contributed by atoms with E-state index in [-0.39, 0.29) is 0 Å². The lowest BCUT2D eigenvalue weighted by molar-refractivity contribution is 0.0952. The Morgan fingerprint density at radius 3 is 2.63 bits per heavy atom. The van der Waals surface area contributed by atoms with Crippen LogP contribution in [0.5, 0.6) is 0 Å². The normalized spacial score (nSPS) is 10.5. The van der Waals surface area contributed by atoms with Crippen molar-refractivity contribution >= 4 is 40.9 Å². The molecule has 0 saturated carbocycles. The Morgan fingerprint density at radius 2 is 2.00 bits per heavy atom. The molecule has 100 valence electrons. The van der Waals surface area contributed by atoms with Crippen LogP contribution in [-0.4, -0.2) is 5.91 Å². The Labute approximate surface area is 124 Å². The molecule has 0 unspecified atom stereocenters. The second kappa shape index (κ2) is 6.34. The van der Waals surface area contributed by atoms with E-state index in [9.17, 15) is 4.79 Å². The van der Waals surface area contributed by atoms with E-state index >= 15 is 0 Å². The summed E-state index contributed by atoms with van der Waals surface area (Å²) in [7, 11) is 0.